The van der Waals surface area contributed by atoms with Crippen LogP contribution in [0.15, 0.2) is 36.0 Å². The van der Waals surface area contributed by atoms with Gasteiger partial charge in [-0.15, -0.1) is 0 Å². The summed E-state index contributed by atoms with van der Waals surface area (Å²) in [7, 11) is 0. The summed E-state index contributed by atoms with van der Waals surface area (Å²) in [5.74, 6) is 0. The number of fused-ring (bicyclic) bond motifs is 1. The Morgan fingerprint density at radius 3 is 2.75 bits per heavy atom. The van der Waals surface area contributed by atoms with Crippen molar-refractivity contribution in [2.45, 2.75) is 13.3 Å². The fourth-order valence-electron chi connectivity index (χ4n) is 1.51. The number of para-hydroxylation sites is 2. The van der Waals surface area contributed by atoms with E-state index >= 15 is 0 Å². The molecule has 0 spiro atoms. The van der Waals surface area contributed by atoms with Crippen LogP contribution in [0.5, 0.6) is 0 Å². The van der Waals surface area contributed by atoms with Gasteiger partial charge in [-0.2, -0.15) is 0 Å². The Bertz CT molecular complexity index is 514. The molecule has 0 unspecified atom stereocenters. The van der Waals surface area contributed by atoms with E-state index in [9.17, 15) is 0 Å². The predicted octanol–water partition coefficient (Wildman–Crippen LogP) is 2.42. The van der Waals surface area contributed by atoms with Gasteiger partial charge in [0.05, 0.1) is 29.5 Å². The maximum Gasteiger partial charge on any atom is 0.0894 e. The van der Waals surface area contributed by atoms with E-state index in [4.69, 9.17) is 5.11 Å². The minimum atomic E-state index is 0.0744. The number of hydrogen-bond acceptors (Lipinski definition) is 3. The van der Waals surface area contributed by atoms with E-state index in [1.54, 1.807) is 6.20 Å². The first-order valence-corrected chi connectivity index (χ1v) is 5.35. The summed E-state index contributed by atoms with van der Waals surface area (Å²) in [4.78, 5) is 8.78. The first kappa shape index (κ1) is 10.8. The number of aliphatic hydroxyl groups excluding tert-OH is 1. The molecule has 1 aromatic carbocycles. The summed E-state index contributed by atoms with van der Waals surface area (Å²) in [6, 6.07) is 7.75. The van der Waals surface area contributed by atoms with Crippen molar-refractivity contribution in [2.75, 3.05) is 6.61 Å². The topological polar surface area (TPSA) is 46.0 Å². The second kappa shape index (κ2) is 4.86. The van der Waals surface area contributed by atoms with Crippen molar-refractivity contribution in [1.82, 2.24) is 9.97 Å². The molecule has 1 N–H and O–H groups in total. The zero-order chi connectivity index (χ0) is 11.4. The highest BCUT2D eigenvalue weighted by Gasteiger charge is 1.98. The van der Waals surface area contributed by atoms with Crippen LogP contribution >= 0.6 is 0 Å². The van der Waals surface area contributed by atoms with Gasteiger partial charge in [-0.05, 0) is 30.2 Å². The van der Waals surface area contributed by atoms with E-state index in [0.29, 0.717) is 0 Å². The van der Waals surface area contributed by atoms with Gasteiger partial charge in [0.1, 0.15) is 0 Å². The Balaban J connectivity index is 2.43. The molecule has 0 amide bonds. The third-order valence-corrected chi connectivity index (χ3v) is 2.48. The average molecular weight is 214 g/mol. The second-order valence-electron chi connectivity index (χ2n) is 3.60. The van der Waals surface area contributed by atoms with Crippen molar-refractivity contribution in [1.29, 1.82) is 0 Å². The molecule has 16 heavy (non-hydrogen) atoms. The average Bonchev–Trinajstić information content (AvgIpc) is 2.35. The lowest BCUT2D eigenvalue weighted by Crippen LogP contribution is -1.91. The molecule has 0 bridgehead atoms. The maximum absolute atomic E-state index is 9.08. The Kier molecular flexibility index (Phi) is 3.27. The molecule has 0 saturated carbocycles. The lowest BCUT2D eigenvalue weighted by Gasteiger charge is -2.01. The Morgan fingerprint density at radius 1 is 1.31 bits per heavy atom. The van der Waals surface area contributed by atoms with Gasteiger partial charge in [-0.1, -0.05) is 19.1 Å². The second-order valence-corrected chi connectivity index (χ2v) is 3.60. The summed E-state index contributed by atoms with van der Waals surface area (Å²) in [6.45, 7) is 2.08. The van der Waals surface area contributed by atoms with Crippen molar-refractivity contribution >= 4 is 17.1 Å². The third-order valence-electron chi connectivity index (χ3n) is 2.48. The monoisotopic (exact) mass is 214 g/mol. The molecule has 1 heterocycles. The third kappa shape index (κ3) is 2.25. The van der Waals surface area contributed by atoms with Gasteiger partial charge >= 0.3 is 0 Å². The standard InChI is InChI=1S/C13H14N2O/c1-2-10(9-16)7-11-8-14-12-5-3-4-6-13(12)15-11/h3-8,16H,2,9H2,1H3. The van der Waals surface area contributed by atoms with Crippen LogP contribution < -0.4 is 0 Å². The van der Waals surface area contributed by atoms with Gasteiger partial charge in [0.15, 0.2) is 0 Å². The molecule has 0 radical (unpaired) electrons. The number of rotatable bonds is 3. The minimum Gasteiger partial charge on any atom is -0.392 e. The van der Waals surface area contributed by atoms with Crippen LogP contribution in [0.2, 0.25) is 0 Å². The van der Waals surface area contributed by atoms with Crippen molar-refractivity contribution in [3.63, 3.8) is 0 Å². The van der Waals surface area contributed by atoms with E-state index in [0.717, 1.165) is 28.7 Å². The van der Waals surface area contributed by atoms with Crippen LogP contribution in [0, 0.1) is 0 Å². The Hall–Kier alpha value is -1.74. The smallest absolute Gasteiger partial charge is 0.0894 e. The molecule has 0 fully saturated rings. The summed E-state index contributed by atoms with van der Waals surface area (Å²) in [5, 5.41) is 9.08. The van der Waals surface area contributed by atoms with Crippen molar-refractivity contribution in [2.24, 2.45) is 0 Å². The number of aromatic nitrogens is 2. The zero-order valence-corrected chi connectivity index (χ0v) is 9.22. The molecule has 3 nitrogen and oxygen atoms in total. The zero-order valence-electron chi connectivity index (χ0n) is 9.22. The van der Waals surface area contributed by atoms with Gasteiger partial charge < -0.3 is 5.11 Å². The lowest BCUT2D eigenvalue weighted by atomic mass is 10.2. The molecule has 0 aliphatic rings. The molecule has 0 atom stereocenters. The van der Waals surface area contributed by atoms with Crippen molar-refractivity contribution < 1.29 is 5.11 Å². The lowest BCUT2D eigenvalue weighted by molar-refractivity contribution is 0.329. The van der Waals surface area contributed by atoms with E-state index in [1.165, 1.54) is 0 Å². The number of nitrogens with zero attached hydrogens (tertiary/aromatic N) is 2. The molecule has 0 aliphatic carbocycles. The Labute approximate surface area is 94.5 Å². The molecular weight excluding hydrogens is 200 g/mol. The van der Waals surface area contributed by atoms with Gasteiger partial charge in [-0.3, -0.25) is 4.98 Å². The van der Waals surface area contributed by atoms with Gasteiger partial charge in [0, 0.05) is 0 Å². The van der Waals surface area contributed by atoms with Gasteiger partial charge in [0.25, 0.3) is 0 Å². The summed E-state index contributed by atoms with van der Waals surface area (Å²) in [5.41, 5.74) is 3.53. The van der Waals surface area contributed by atoms with Crippen molar-refractivity contribution in [3.8, 4) is 0 Å². The van der Waals surface area contributed by atoms with Crippen LogP contribution in [0.1, 0.15) is 19.0 Å². The minimum absolute atomic E-state index is 0.0744. The molecule has 2 aromatic rings. The molecule has 0 aliphatic heterocycles. The Morgan fingerprint density at radius 2 is 2.06 bits per heavy atom. The van der Waals surface area contributed by atoms with Gasteiger partial charge in [0.2, 0.25) is 0 Å². The van der Waals surface area contributed by atoms with E-state index in [-0.39, 0.29) is 6.61 Å². The molecule has 2 rings (SSSR count). The molecule has 1 aromatic heterocycles. The summed E-state index contributed by atoms with van der Waals surface area (Å²) < 4.78 is 0. The highest BCUT2D eigenvalue weighted by atomic mass is 16.3. The van der Waals surface area contributed by atoms with E-state index < -0.39 is 0 Å². The number of benzene rings is 1. The van der Waals surface area contributed by atoms with Crippen LogP contribution in [0.3, 0.4) is 0 Å². The molecule has 3 heteroatoms. The summed E-state index contributed by atoms with van der Waals surface area (Å²) in [6.07, 6.45) is 4.44. The number of aliphatic hydroxyl groups is 1. The van der Waals surface area contributed by atoms with Crippen LogP contribution in [0.25, 0.3) is 17.1 Å². The predicted molar refractivity (Wildman–Crippen MR) is 64.9 cm³/mol. The largest absolute Gasteiger partial charge is 0.392 e. The van der Waals surface area contributed by atoms with Crippen LogP contribution in [-0.2, 0) is 0 Å². The maximum atomic E-state index is 9.08. The quantitative estimate of drug-likeness (QED) is 0.853. The normalized spacial score (nSPS) is 12.0. The van der Waals surface area contributed by atoms with Crippen molar-refractivity contribution in [3.05, 3.63) is 41.7 Å². The highest BCUT2D eigenvalue weighted by Crippen LogP contribution is 2.11. The molecular formula is C13H14N2O. The molecule has 82 valence electrons. The fourth-order valence-corrected chi connectivity index (χ4v) is 1.51. The van der Waals surface area contributed by atoms with Crippen LogP contribution in [-0.4, -0.2) is 21.7 Å². The number of hydrogen-bond donors (Lipinski definition) is 1. The van der Waals surface area contributed by atoms with Gasteiger partial charge in [-0.25, -0.2) is 4.98 Å². The van der Waals surface area contributed by atoms with E-state index in [2.05, 4.69) is 9.97 Å². The van der Waals surface area contributed by atoms with Crippen LogP contribution in [0.4, 0.5) is 0 Å². The SMILES string of the molecule is CCC(=Cc1cnc2ccccc2n1)CO. The molecule has 0 saturated heterocycles. The first-order chi connectivity index (χ1) is 7.83. The first-order valence-electron chi connectivity index (χ1n) is 5.35. The highest BCUT2D eigenvalue weighted by molar-refractivity contribution is 5.74. The van der Waals surface area contributed by atoms with E-state index in [1.807, 2.05) is 37.3 Å². The summed E-state index contributed by atoms with van der Waals surface area (Å²) >= 11 is 0. The fraction of sp³-hybridized carbons (Fsp3) is 0.231.